The van der Waals surface area contributed by atoms with Crippen LogP contribution in [-0.2, 0) is 0 Å². The molecule has 0 spiro atoms. The molecule has 3 N–H and O–H groups in total. The normalized spacial score (nSPS) is 11.1. The van der Waals surface area contributed by atoms with Gasteiger partial charge in [-0.05, 0) is 43.9 Å². The highest BCUT2D eigenvalue weighted by Crippen LogP contribution is 2.24. The van der Waals surface area contributed by atoms with Crippen molar-refractivity contribution in [1.82, 2.24) is 30.7 Å². The number of hydrogen-bond donors (Lipinski definition) is 2. The van der Waals surface area contributed by atoms with Crippen molar-refractivity contribution in [3.63, 3.8) is 0 Å². The van der Waals surface area contributed by atoms with Crippen LogP contribution < -0.4 is 11.2 Å². The Kier molecular flexibility index (Phi) is 5.30. The maximum absolute atomic E-state index is 13.3. The Hall–Kier alpha value is -3.93. The van der Waals surface area contributed by atoms with E-state index in [0.29, 0.717) is 11.1 Å². The van der Waals surface area contributed by atoms with Crippen molar-refractivity contribution in [1.29, 1.82) is 0 Å². The number of hydrazone groups is 1. The molecule has 0 atom stereocenters. The fourth-order valence-electron chi connectivity index (χ4n) is 2.57. The lowest BCUT2D eigenvalue weighted by Gasteiger charge is -2.05. The maximum atomic E-state index is 13.3. The number of nitrogen functional groups attached to an aromatic ring is 1. The van der Waals surface area contributed by atoms with Crippen LogP contribution in [0.5, 0.6) is 0 Å². The number of hydrogen-bond acceptors (Lipinski definition) is 8. The second-order valence-corrected chi connectivity index (χ2v) is 6.76. The number of nitrogens with two attached hydrogens (primary N) is 1. The second-order valence-electron chi connectivity index (χ2n) is 5.91. The third-order valence-electron chi connectivity index (χ3n) is 3.95. The van der Waals surface area contributed by atoms with Crippen molar-refractivity contribution in [3.8, 4) is 17.1 Å². The summed E-state index contributed by atoms with van der Waals surface area (Å²) in [6.07, 6.45) is 1.37. The van der Waals surface area contributed by atoms with E-state index < -0.39 is 11.7 Å². The summed E-state index contributed by atoms with van der Waals surface area (Å²) in [6.45, 7) is 0. The highest BCUT2D eigenvalue weighted by atomic mass is 79.9. The van der Waals surface area contributed by atoms with E-state index in [0.717, 1.165) is 4.68 Å². The molecular weight excluding hydrogens is 459 g/mol. The maximum Gasteiger partial charge on any atom is 0.292 e. The molecule has 4 aromatic rings. The third kappa shape index (κ3) is 3.80. The van der Waals surface area contributed by atoms with Gasteiger partial charge in [0.05, 0.1) is 10.7 Å². The SMILES string of the molecule is Nc1nonc1-n1nnc(-c2ccccc2)c1C(=O)NN=Cc1ccc(F)c(Br)c1. The van der Waals surface area contributed by atoms with Gasteiger partial charge in [0, 0.05) is 5.56 Å². The first-order chi connectivity index (χ1) is 14.5. The monoisotopic (exact) mass is 470 g/mol. The second kappa shape index (κ2) is 8.21. The molecule has 2 aromatic heterocycles. The van der Waals surface area contributed by atoms with E-state index in [1.54, 1.807) is 24.3 Å². The molecule has 4 rings (SSSR count). The highest BCUT2D eigenvalue weighted by molar-refractivity contribution is 9.10. The zero-order valence-corrected chi connectivity index (χ0v) is 16.6. The standard InChI is InChI=1S/C18H12BrFN8O2/c19-12-8-10(6-7-13(12)20)9-22-24-18(29)15-14(11-4-2-1-3-5-11)23-27-28(15)17-16(21)25-30-26-17/h1-9H,(H2,21,25)(H,24,29). The lowest BCUT2D eigenvalue weighted by Crippen LogP contribution is -2.22. The quantitative estimate of drug-likeness (QED) is 0.337. The average molecular weight is 471 g/mol. The Bertz CT molecular complexity index is 1240. The van der Waals surface area contributed by atoms with Gasteiger partial charge in [0.1, 0.15) is 11.5 Å². The van der Waals surface area contributed by atoms with Crippen molar-refractivity contribution in [2.45, 2.75) is 0 Å². The summed E-state index contributed by atoms with van der Waals surface area (Å²) in [5.41, 5.74) is 9.68. The number of nitrogens with one attached hydrogen (secondary N) is 1. The Labute approximate surface area is 176 Å². The lowest BCUT2D eigenvalue weighted by molar-refractivity contribution is 0.0948. The topological polar surface area (TPSA) is 137 Å². The predicted octanol–water partition coefficient (Wildman–Crippen LogP) is 2.57. The molecule has 0 aliphatic carbocycles. The highest BCUT2D eigenvalue weighted by Gasteiger charge is 2.25. The molecule has 2 heterocycles. The van der Waals surface area contributed by atoms with Gasteiger partial charge in [-0.25, -0.2) is 14.4 Å². The Morgan fingerprint density at radius 3 is 2.73 bits per heavy atom. The van der Waals surface area contributed by atoms with Crippen LogP contribution in [0.3, 0.4) is 0 Å². The third-order valence-corrected chi connectivity index (χ3v) is 4.56. The fourth-order valence-corrected chi connectivity index (χ4v) is 2.97. The van der Waals surface area contributed by atoms with Crippen LogP contribution in [0.4, 0.5) is 10.2 Å². The molecule has 0 aliphatic rings. The molecule has 150 valence electrons. The van der Waals surface area contributed by atoms with Crippen LogP contribution in [-0.4, -0.2) is 37.4 Å². The zero-order valence-electron chi connectivity index (χ0n) is 15.0. The van der Waals surface area contributed by atoms with Crippen molar-refractivity contribution in [2.24, 2.45) is 5.10 Å². The minimum atomic E-state index is -0.626. The molecule has 0 radical (unpaired) electrons. The summed E-state index contributed by atoms with van der Waals surface area (Å²) < 4.78 is 19.3. The van der Waals surface area contributed by atoms with Gasteiger partial charge in [0.15, 0.2) is 5.69 Å². The number of carbonyl (C=O) groups excluding carboxylic acids is 1. The molecule has 0 bridgehead atoms. The summed E-state index contributed by atoms with van der Waals surface area (Å²) in [5, 5.41) is 19.1. The molecule has 10 nitrogen and oxygen atoms in total. The number of halogens is 2. The zero-order chi connectivity index (χ0) is 21.1. The van der Waals surface area contributed by atoms with E-state index in [9.17, 15) is 9.18 Å². The minimum Gasteiger partial charge on any atom is -0.378 e. The van der Waals surface area contributed by atoms with Gasteiger partial charge in [-0.2, -0.15) is 9.78 Å². The van der Waals surface area contributed by atoms with Crippen LogP contribution in [0, 0.1) is 5.82 Å². The molecule has 1 amide bonds. The summed E-state index contributed by atoms with van der Waals surface area (Å²) in [7, 11) is 0. The molecular formula is C18H12BrFN8O2. The van der Waals surface area contributed by atoms with Crippen LogP contribution in [0.15, 0.2) is 62.7 Å². The summed E-state index contributed by atoms with van der Waals surface area (Å²) in [6, 6.07) is 13.3. The van der Waals surface area contributed by atoms with Gasteiger partial charge < -0.3 is 5.73 Å². The van der Waals surface area contributed by atoms with E-state index in [-0.39, 0.29) is 27.5 Å². The van der Waals surface area contributed by atoms with Crippen molar-refractivity contribution >= 4 is 33.9 Å². The van der Waals surface area contributed by atoms with Gasteiger partial charge in [0.2, 0.25) is 11.6 Å². The number of rotatable bonds is 5. The molecule has 0 unspecified atom stereocenters. The van der Waals surface area contributed by atoms with E-state index in [4.69, 9.17) is 5.73 Å². The van der Waals surface area contributed by atoms with Crippen molar-refractivity contribution in [2.75, 3.05) is 5.73 Å². The molecule has 30 heavy (non-hydrogen) atoms. The molecule has 2 aromatic carbocycles. The molecule has 12 heteroatoms. The summed E-state index contributed by atoms with van der Waals surface area (Å²) >= 11 is 3.09. The largest absolute Gasteiger partial charge is 0.378 e. The fraction of sp³-hybridized carbons (Fsp3) is 0. The molecule has 0 fully saturated rings. The molecule has 0 saturated heterocycles. The number of nitrogens with zero attached hydrogens (tertiary/aromatic N) is 6. The number of anilines is 1. The first-order valence-corrected chi connectivity index (χ1v) is 9.22. The predicted molar refractivity (Wildman–Crippen MR) is 108 cm³/mol. The van der Waals surface area contributed by atoms with Gasteiger partial charge in [-0.1, -0.05) is 41.6 Å². The van der Waals surface area contributed by atoms with Crippen molar-refractivity contribution < 1.29 is 13.8 Å². The van der Waals surface area contributed by atoms with Gasteiger partial charge in [-0.3, -0.25) is 4.79 Å². The summed E-state index contributed by atoms with van der Waals surface area (Å²) in [5.74, 6) is -1.08. The number of amides is 1. The number of benzene rings is 2. The van der Waals surface area contributed by atoms with Crippen LogP contribution >= 0.6 is 15.9 Å². The Morgan fingerprint density at radius 1 is 1.23 bits per heavy atom. The van der Waals surface area contributed by atoms with E-state index in [1.165, 1.54) is 24.4 Å². The van der Waals surface area contributed by atoms with Crippen molar-refractivity contribution in [3.05, 3.63) is 70.1 Å². The molecule has 0 aliphatic heterocycles. The summed E-state index contributed by atoms with van der Waals surface area (Å²) in [4.78, 5) is 12.9. The van der Waals surface area contributed by atoms with Crippen LogP contribution in [0.25, 0.3) is 17.1 Å². The smallest absolute Gasteiger partial charge is 0.292 e. The first kappa shape index (κ1) is 19.4. The lowest BCUT2D eigenvalue weighted by atomic mass is 10.1. The Balaban J connectivity index is 1.68. The van der Waals surface area contributed by atoms with Gasteiger partial charge in [0.25, 0.3) is 5.91 Å². The molecule has 0 saturated carbocycles. The van der Waals surface area contributed by atoms with E-state index in [1.807, 2.05) is 6.07 Å². The average Bonchev–Trinajstić information content (AvgIpc) is 3.37. The van der Waals surface area contributed by atoms with Gasteiger partial charge in [-0.15, -0.1) is 5.10 Å². The van der Waals surface area contributed by atoms with Gasteiger partial charge >= 0.3 is 0 Å². The minimum absolute atomic E-state index is 0.0151. The first-order valence-electron chi connectivity index (χ1n) is 8.42. The van der Waals surface area contributed by atoms with E-state index >= 15 is 0 Å². The van der Waals surface area contributed by atoms with Crippen LogP contribution in [0.1, 0.15) is 16.1 Å². The van der Waals surface area contributed by atoms with E-state index in [2.05, 4.69) is 51.7 Å². The van der Waals surface area contributed by atoms with Crippen LogP contribution in [0.2, 0.25) is 0 Å². The Morgan fingerprint density at radius 2 is 2.03 bits per heavy atom. The number of carbonyl (C=O) groups is 1. The number of aromatic nitrogens is 5.